The van der Waals surface area contributed by atoms with E-state index in [0.29, 0.717) is 24.8 Å². The Bertz CT molecular complexity index is 1120. The molecule has 0 amide bonds. The maximum Gasteiger partial charge on any atom is 0.241 e. The SMILES string of the molecule is CC.CCC.Cc1nc(N[C@@H]2CNC[C@@H]2F)nn2ccc(-c3cnc4nccn4c3)c12. The summed E-state index contributed by atoms with van der Waals surface area (Å²) in [5.41, 5.74) is 3.66. The van der Waals surface area contributed by atoms with Crippen LogP contribution in [0.5, 0.6) is 0 Å². The quantitative estimate of drug-likeness (QED) is 0.517. The van der Waals surface area contributed by atoms with Crippen molar-refractivity contribution >= 4 is 17.2 Å². The molecule has 0 aromatic carbocycles. The number of nitrogens with one attached hydrogen (secondary N) is 2. The van der Waals surface area contributed by atoms with E-state index in [-0.39, 0.29) is 6.04 Å². The Balaban J connectivity index is 0.000000504. The molecular formula is C22H31FN8. The van der Waals surface area contributed by atoms with Crippen molar-refractivity contribution in [3.63, 3.8) is 0 Å². The highest BCUT2D eigenvalue weighted by Gasteiger charge is 2.27. The monoisotopic (exact) mass is 426 g/mol. The summed E-state index contributed by atoms with van der Waals surface area (Å²) in [6.07, 6.45) is 9.53. The summed E-state index contributed by atoms with van der Waals surface area (Å²) in [6.45, 7) is 11.1. The lowest BCUT2D eigenvalue weighted by Crippen LogP contribution is -2.30. The van der Waals surface area contributed by atoms with E-state index in [9.17, 15) is 4.39 Å². The van der Waals surface area contributed by atoms with Crippen molar-refractivity contribution in [1.82, 2.24) is 34.3 Å². The van der Waals surface area contributed by atoms with Crippen LogP contribution in [0, 0.1) is 6.92 Å². The van der Waals surface area contributed by atoms with Crippen LogP contribution < -0.4 is 10.6 Å². The van der Waals surface area contributed by atoms with E-state index >= 15 is 0 Å². The van der Waals surface area contributed by atoms with Gasteiger partial charge in [0.1, 0.15) is 6.17 Å². The molecule has 1 saturated heterocycles. The predicted octanol–water partition coefficient (Wildman–Crippen LogP) is 3.91. The van der Waals surface area contributed by atoms with Gasteiger partial charge in [-0.2, -0.15) is 0 Å². The Labute approximate surface area is 181 Å². The van der Waals surface area contributed by atoms with Gasteiger partial charge >= 0.3 is 0 Å². The second-order valence-corrected chi connectivity index (χ2v) is 7.15. The number of rotatable bonds is 3. The van der Waals surface area contributed by atoms with Crippen LogP contribution in [0.1, 0.15) is 39.8 Å². The largest absolute Gasteiger partial charge is 0.346 e. The van der Waals surface area contributed by atoms with E-state index in [0.717, 1.165) is 22.3 Å². The number of nitrogens with zero attached hydrogens (tertiary/aromatic N) is 6. The van der Waals surface area contributed by atoms with Crippen LogP contribution in [-0.2, 0) is 0 Å². The number of halogens is 1. The molecule has 0 unspecified atom stereocenters. The summed E-state index contributed by atoms with van der Waals surface area (Å²) in [7, 11) is 0. The van der Waals surface area contributed by atoms with E-state index in [2.05, 4.69) is 44.5 Å². The smallest absolute Gasteiger partial charge is 0.241 e. The number of alkyl halides is 1. The molecule has 2 atom stereocenters. The maximum absolute atomic E-state index is 13.8. The molecule has 5 rings (SSSR count). The summed E-state index contributed by atoms with van der Waals surface area (Å²) < 4.78 is 17.5. The zero-order chi connectivity index (χ0) is 22.4. The fourth-order valence-corrected chi connectivity index (χ4v) is 3.41. The Morgan fingerprint density at radius 3 is 2.68 bits per heavy atom. The third-order valence-electron chi connectivity index (χ3n) is 4.70. The Hall–Kier alpha value is -3.07. The molecule has 9 heteroatoms. The fourth-order valence-electron chi connectivity index (χ4n) is 3.41. The molecule has 1 aliphatic rings. The second kappa shape index (κ2) is 10.3. The molecule has 2 N–H and O–H groups in total. The Kier molecular flexibility index (Phi) is 7.51. The lowest BCUT2D eigenvalue weighted by molar-refractivity contribution is 0.341. The average Bonchev–Trinajstić information content (AvgIpc) is 3.50. The number of hydrogen-bond donors (Lipinski definition) is 2. The van der Waals surface area contributed by atoms with E-state index in [4.69, 9.17) is 0 Å². The summed E-state index contributed by atoms with van der Waals surface area (Å²) in [5, 5.41) is 10.6. The third-order valence-corrected chi connectivity index (χ3v) is 4.70. The maximum atomic E-state index is 13.8. The molecule has 166 valence electrons. The van der Waals surface area contributed by atoms with Crippen LogP contribution >= 0.6 is 0 Å². The number of aryl methyl sites for hydroxylation is 1. The fraction of sp³-hybridized carbons (Fsp3) is 0.455. The summed E-state index contributed by atoms with van der Waals surface area (Å²) in [5.74, 6) is 1.08. The predicted molar refractivity (Wildman–Crippen MR) is 122 cm³/mol. The van der Waals surface area contributed by atoms with Gasteiger partial charge in [-0.05, 0) is 13.0 Å². The van der Waals surface area contributed by atoms with Gasteiger partial charge < -0.3 is 10.6 Å². The molecule has 0 spiro atoms. The molecular weight excluding hydrogens is 395 g/mol. The standard InChI is InChI=1S/C17H17FN8.C3H8.C2H6/c1-10-15-12(11-6-21-17-20-3-5-25(17)9-11)2-4-26(15)24-16(22-10)23-14-8-19-7-13(14)18;1-3-2;1-2/h2-6,9,13-14,19H,7-8H2,1H3,(H,23,24);3H2,1-2H3;1-2H3/t13-,14+;;/m0../s1. The van der Waals surface area contributed by atoms with Crippen LogP contribution in [0.4, 0.5) is 10.3 Å². The number of anilines is 1. The first-order valence-electron chi connectivity index (χ1n) is 10.9. The zero-order valence-electron chi connectivity index (χ0n) is 18.8. The van der Waals surface area contributed by atoms with Gasteiger partial charge in [-0.3, -0.25) is 4.40 Å². The minimum atomic E-state index is -0.942. The van der Waals surface area contributed by atoms with Gasteiger partial charge in [0.2, 0.25) is 11.7 Å². The van der Waals surface area contributed by atoms with Crippen LogP contribution in [0.3, 0.4) is 0 Å². The topological polar surface area (TPSA) is 84.4 Å². The highest BCUT2D eigenvalue weighted by Crippen LogP contribution is 2.27. The minimum absolute atomic E-state index is 0.310. The van der Waals surface area contributed by atoms with Gasteiger partial charge in [0.25, 0.3) is 0 Å². The van der Waals surface area contributed by atoms with Crippen molar-refractivity contribution in [2.45, 2.75) is 53.3 Å². The van der Waals surface area contributed by atoms with Crippen LogP contribution in [0.2, 0.25) is 0 Å². The van der Waals surface area contributed by atoms with Crippen molar-refractivity contribution in [2.75, 3.05) is 18.4 Å². The highest BCUT2D eigenvalue weighted by molar-refractivity contribution is 5.82. The highest BCUT2D eigenvalue weighted by atomic mass is 19.1. The molecule has 31 heavy (non-hydrogen) atoms. The van der Waals surface area contributed by atoms with E-state index < -0.39 is 6.17 Å². The summed E-state index contributed by atoms with van der Waals surface area (Å²) >= 11 is 0. The normalized spacial score (nSPS) is 17.7. The number of hydrogen-bond acceptors (Lipinski definition) is 6. The molecule has 0 radical (unpaired) electrons. The van der Waals surface area contributed by atoms with Crippen molar-refractivity contribution in [3.8, 4) is 11.1 Å². The van der Waals surface area contributed by atoms with Crippen molar-refractivity contribution < 1.29 is 4.39 Å². The number of imidazole rings is 1. The molecule has 0 bridgehead atoms. The van der Waals surface area contributed by atoms with E-state index in [1.807, 2.05) is 49.8 Å². The van der Waals surface area contributed by atoms with Crippen LogP contribution in [0.25, 0.3) is 22.4 Å². The van der Waals surface area contributed by atoms with E-state index in [1.54, 1.807) is 16.9 Å². The molecule has 0 aliphatic carbocycles. The number of aromatic nitrogens is 6. The Morgan fingerprint density at radius 2 is 1.97 bits per heavy atom. The van der Waals surface area contributed by atoms with E-state index in [1.165, 1.54) is 6.42 Å². The average molecular weight is 427 g/mol. The van der Waals surface area contributed by atoms with Gasteiger partial charge in [-0.15, -0.1) is 5.10 Å². The third kappa shape index (κ3) is 4.82. The molecule has 5 heterocycles. The first-order chi connectivity index (χ1) is 15.1. The molecule has 4 aromatic heterocycles. The van der Waals surface area contributed by atoms with Crippen LogP contribution in [0.15, 0.2) is 37.1 Å². The molecule has 0 saturated carbocycles. The van der Waals surface area contributed by atoms with Gasteiger partial charge in [0, 0.05) is 55.2 Å². The lowest BCUT2D eigenvalue weighted by atomic mass is 10.1. The first kappa shape index (κ1) is 22.6. The molecule has 1 aliphatic heterocycles. The molecule has 4 aromatic rings. The zero-order valence-corrected chi connectivity index (χ0v) is 18.8. The van der Waals surface area contributed by atoms with Gasteiger partial charge in [0.05, 0.1) is 17.3 Å². The lowest BCUT2D eigenvalue weighted by Gasteiger charge is -2.14. The molecule has 1 fully saturated rings. The number of fused-ring (bicyclic) bond motifs is 2. The van der Waals surface area contributed by atoms with Gasteiger partial charge in [-0.1, -0.05) is 34.1 Å². The van der Waals surface area contributed by atoms with Gasteiger partial charge in [0.15, 0.2) is 0 Å². The van der Waals surface area contributed by atoms with Crippen molar-refractivity contribution in [1.29, 1.82) is 0 Å². The Morgan fingerprint density at radius 1 is 1.19 bits per heavy atom. The first-order valence-corrected chi connectivity index (χ1v) is 10.9. The van der Waals surface area contributed by atoms with Crippen molar-refractivity contribution in [2.24, 2.45) is 0 Å². The van der Waals surface area contributed by atoms with Crippen LogP contribution in [-0.4, -0.2) is 54.3 Å². The second-order valence-electron chi connectivity index (χ2n) is 7.15. The summed E-state index contributed by atoms with van der Waals surface area (Å²) in [4.78, 5) is 13.1. The summed E-state index contributed by atoms with van der Waals surface area (Å²) in [6, 6.07) is 1.67. The van der Waals surface area contributed by atoms with Gasteiger partial charge in [-0.25, -0.2) is 23.9 Å². The van der Waals surface area contributed by atoms with Crippen molar-refractivity contribution in [3.05, 3.63) is 42.7 Å². The molecule has 8 nitrogen and oxygen atoms in total. The minimum Gasteiger partial charge on any atom is -0.346 e.